The van der Waals surface area contributed by atoms with Crippen LogP contribution in [0.1, 0.15) is 39.9 Å². The van der Waals surface area contributed by atoms with E-state index in [0.717, 1.165) is 39.7 Å². The summed E-state index contributed by atoms with van der Waals surface area (Å²) in [5.74, 6) is -1.34. The number of pyridine rings is 1. The number of rotatable bonds is 7. The summed E-state index contributed by atoms with van der Waals surface area (Å²) in [6, 6.07) is 11.3. The molecule has 0 saturated carbocycles. The molecule has 0 spiro atoms. The van der Waals surface area contributed by atoms with Gasteiger partial charge in [0.2, 0.25) is 0 Å². The first kappa shape index (κ1) is 22.6. The number of aromatic nitrogens is 3. The third-order valence-electron chi connectivity index (χ3n) is 6.14. The van der Waals surface area contributed by atoms with Crippen LogP contribution < -0.4 is 5.73 Å². The molecule has 0 bridgehead atoms. The number of fused-ring (bicyclic) bond motifs is 1. The maximum absolute atomic E-state index is 13.4. The Morgan fingerprint density at radius 2 is 1.91 bits per heavy atom. The van der Waals surface area contributed by atoms with Crippen molar-refractivity contribution < 1.29 is 13.6 Å². The number of nitrogens with zero attached hydrogens (tertiary/aromatic N) is 4. The molecule has 0 unspecified atom stereocenters. The van der Waals surface area contributed by atoms with Gasteiger partial charge in [0.05, 0.1) is 17.6 Å². The number of benzene rings is 2. The molecule has 0 atom stereocenters. The first-order valence-corrected chi connectivity index (χ1v) is 11.3. The predicted octanol–water partition coefficient (Wildman–Crippen LogP) is 5.23. The fourth-order valence-corrected chi connectivity index (χ4v) is 4.26. The fraction of sp³-hybridized carbons (Fsp3) is 0.185. The molecule has 0 saturated heterocycles. The number of anilines is 1. The van der Waals surface area contributed by atoms with Crippen LogP contribution in [0.4, 0.5) is 20.3 Å². The average Bonchev–Trinajstić information content (AvgIpc) is 3.47. The lowest BCUT2D eigenvalue weighted by Crippen LogP contribution is -2.07. The number of ketones is 1. The summed E-state index contributed by atoms with van der Waals surface area (Å²) in [4.78, 5) is 21.8. The minimum absolute atomic E-state index is 0.00332. The normalized spacial score (nSPS) is 12.5. The van der Waals surface area contributed by atoms with Crippen LogP contribution in [0.2, 0.25) is 0 Å². The van der Waals surface area contributed by atoms with Gasteiger partial charge in [0.25, 0.3) is 0 Å². The van der Waals surface area contributed by atoms with Gasteiger partial charge in [0.1, 0.15) is 5.82 Å². The lowest BCUT2D eigenvalue weighted by atomic mass is 9.98. The standard InChI is InChI=1S/C27H23F2N5O/c1-34-15-20(14-32-34)19-11-21(27(30)31-13-19)25-12-18-10-17(6-8-24(18)33-25)26(35)4-2-3-16-5-7-22(28)23(29)9-16/h5-11,13-15H,2-4,12H2,1H3,(H2,30,31). The van der Waals surface area contributed by atoms with Gasteiger partial charge in [0.15, 0.2) is 17.4 Å². The van der Waals surface area contributed by atoms with Gasteiger partial charge in [-0.1, -0.05) is 6.07 Å². The molecule has 3 heterocycles. The van der Waals surface area contributed by atoms with Crippen LogP contribution in [0.5, 0.6) is 0 Å². The molecule has 176 valence electrons. The van der Waals surface area contributed by atoms with Crippen molar-refractivity contribution in [2.75, 3.05) is 5.73 Å². The largest absolute Gasteiger partial charge is 0.383 e. The van der Waals surface area contributed by atoms with E-state index in [4.69, 9.17) is 10.7 Å². The van der Waals surface area contributed by atoms with Crippen molar-refractivity contribution in [3.05, 3.63) is 94.9 Å². The van der Waals surface area contributed by atoms with Crippen molar-refractivity contribution in [2.45, 2.75) is 25.7 Å². The first-order valence-electron chi connectivity index (χ1n) is 11.3. The summed E-state index contributed by atoms with van der Waals surface area (Å²) in [5.41, 5.74) is 12.6. The van der Waals surface area contributed by atoms with E-state index in [1.54, 1.807) is 29.2 Å². The van der Waals surface area contributed by atoms with E-state index < -0.39 is 11.6 Å². The lowest BCUT2D eigenvalue weighted by molar-refractivity contribution is 0.0980. The zero-order valence-electron chi connectivity index (χ0n) is 19.1. The van der Waals surface area contributed by atoms with Gasteiger partial charge >= 0.3 is 0 Å². The highest BCUT2D eigenvalue weighted by atomic mass is 19.2. The second kappa shape index (κ2) is 9.21. The Morgan fingerprint density at radius 3 is 2.69 bits per heavy atom. The lowest BCUT2D eigenvalue weighted by Gasteiger charge is -2.07. The highest BCUT2D eigenvalue weighted by molar-refractivity contribution is 6.10. The van der Waals surface area contributed by atoms with Crippen LogP contribution in [0.25, 0.3) is 11.1 Å². The summed E-state index contributed by atoms with van der Waals surface area (Å²) in [6.07, 6.45) is 7.31. The quantitative estimate of drug-likeness (QED) is 0.374. The minimum atomic E-state index is -0.870. The van der Waals surface area contributed by atoms with Crippen molar-refractivity contribution >= 4 is 23.0 Å². The van der Waals surface area contributed by atoms with Crippen molar-refractivity contribution in [2.24, 2.45) is 12.0 Å². The topological polar surface area (TPSA) is 86.2 Å². The summed E-state index contributed by atoms with van der Waals surface area (Å²) in [7, 11) is 1.86. The van der Waals surface area contributed by atoms with Crippen molar-refractivity contribution in [3.63, 3.8) is 0 Å². The minimum Gasteiger partial charge on any atom is -0.383 e. The molecule has 1 aliphatic rings. The molecule has 2 N–H and O–H groups in total. The Labute approximate surface area is 201 Å². The zero-order chi connectivity index (χ0) is 24.5. The number of aliphatic imine (C=N–C) groups is 1. The number of hydrogen-bond donors (Lipinski definition) is 1. The van der Waals surface area contributed by atoms with Gasteiger partial charge in [-0.05, 0) is 60.4 Å². The Kier molecular flexibility index (Phi) is 5.94. The van der Waals surface area contributed by atoms with Gasteiger partial charge < -0.3 is 5.73 Å². The molecular weight excluding hydrogens is 448 g/mol. The Morgan fingerprint density at radius 1 is 1.06 bits per heavy atom. The number of nitrogens with two attached hydrogens (primary N) is 1. The number of aryl methyl sites for hydroxylation is 2. The van der Waals surface area contributed by atoms with Gasteiger partial charge in [0, 0.05) is 54.5 Å². The number of nitrogen functional groups attached to an aromatic ring is 1. The molecule has 0 amide bonds. The van der Waals surface area contributed by atoms with Gasteiger partial charge in [-0.25, -0.2) is 13.8 Å². The van der Waals surface area contributed by atoms with Crippen molar-refractivity contribution in [1.29, 1.82) is 0 Å². The third-order valence-corrected chi connectivity index (χ3v) is 6.14. The molecule has 0 fully saturated rings. The fourth-order valence-electron chi connectivity index (χ4n) is 4.26. The molecular formula is C27H23F2N5O. The SMILES string of the molecule is Cn1cc(-c2cnc(N)c(C3=Nc4ccc(C(=O)CCCc5ccc(F)c(F)c5)cc4C3)c2)cn1. The molecule has 2 aromatic heterocycles. The molecule has 1 aliphatic heterocycles. The molecule has 2 aromatic carbocycles. The number of carbonyl (C=O) groups is 1. The molecule has 8 heteroatoms. The molecule has 5 rings (SSSR count). The van der Waals surface area contributed by atoms with Gasteiger partial charge in [-0.3, -0.25) is 14.5 Å². The highest BCUT2D eigenvalue weighted by Gasteiger charge is 2.21. The van der Waals surface area contributed by atoms with E-state index in [0.29, 0.717) is 42.6 Å². The first-order chi connectivity index (χ1) is 16.9. The zero-order valence-corrected chi connectivity index (χ0v) is 19.1. The van der Waals surface area contributed by atoms with E-state index in [2.05, 4.69) is 10.1 Å². The Hall–Kier alpha value is -4.20. The number of hydrogen-bond acceptors (Lipinski definition) is 5. The van der Waals surface area contributed by atoms with Crippen LogP contribution >= 0.6 is 0 Å². The summed E-state index contributed by atoms with van der Waals surface area (Å²) in [6.45, 7) is 0. The van der Waals surface area contributed by atoms with Gasteiger partial charge in [-0.2, -0.15) is 5.10 Å². The molecule has 6 nitrogen and oxygen atoms in total. The van der Waals surface area contributed by atoms with Crippen molar-refractivity contribution in [1.82, 2.24) is 14.8 Å². The maximum atomic E-state index is 13.4. The Bertz CT molecular complexity index is 1470. The Balaban J connectivity index is 1.27. The van der Waals surface area contributed by atoms with Crippen LogP contribution in [0, 0.1) is 11.6 Å². The van der Waals surface area contributed by atoms with E-state index in [1.165, 1.54) is 6.07 Å². The summed E-state index contributed by atoms with van der Waals surface area (Å²) in [5, 5.41) is 4.21. The van der Waals surface area contributed by atoms with E-state index in [-0.39, 0.29) is 5.78 Å². The van der Waals surface area contributed by atoms with E-state index >= 15 is 0 Å². The average molecular weight is 472 g/mol. The second-order valence-corrected chi connectivity index (χ2v) is 8.66. The van der Waals surface area contributed by atoms with E-state index in [1.807, 2.05) is 31.4 Å². The molecule has 4 aromatic rings. The number of carbonyl (C=O) groups excluding carboxylic acids is 1. The molecule has 0 radical (unpaired) electrons. The van der Waals surface area contributed by atoms with Crippen LogP contribution in [-0.4, -0.2) is 26.3 Å². The highest BCUT2D eigenvalue weighted by Crippen LogP contribution is 2.32. The monoisotopic (exact) mass is 471 g/mol. The van der Waals surface area contributed by atoms with E-state index in [9.17, 15) is 13.6 Å². The van der Waals surface area contributed by atoms with Crippen LogP contribution in [0.15, 0.2) is 66.0 Å². The number of halogens is 2. The predicted molar refractivity (Wildman–Crippen MR) is 131 cm³/mol. The third kappa shape index (κ3) is 4.73. The summed E-state index contributed by atoms with van der Waals surface area (Å²) >= 11 is 0. The smallest absolute Gasteiger partial charge is 0.162 e. The second-order valence-electron chi connectivity index (χ2n) is 8.66. The van der Waals surface area contributed by atoms with Crippen LogP contribution in [0.3, 0.4) is 0 Å². The summed E-state index contributed by atoms with van der Waals surface area (Å²) < 4.78 is 28.2. The molecule has 0 aliphatic carbocycles. The molecule has 35 heavy (non-hydrogen) atoms. The number of Topliss-reactive ketones (excluding diaryl/α,β-unsaturated/α-hetero) is 1. The van der Waals surface area contributed by atoms with Crippen LogP contribution in [-0.2, 0) is 19.9 Å². The van der Waals surface area contributed by atoms with Crippen molar-refractivity contribution in [3.8, 4) is 11.1 Å². The maximum Gasteiger partial charge on any atom is 0.162 e. The van der Waals surface area contributed by atoms with Gasteiger partial charge in [-0.15, -0.1) is 0 Å².